The van der Waals surface area contributed by atoms with E-state index in [1.807, 2.05) is 23.6 Å². The van der Waals surface area contributed by atoms with Crippen LogP contribution in [-0.2, 0) is 11.3 Å². The number of fused-ring (bicyclic) bond motifs is 3. The number of aryl methyl sites for hydroxylation is 1. The Hall–Kier alpha value is -2.40. The molecule has 0 saturated carbocycles. The van der Waals surface area contributed by atoms with Crippen LogP contribution in [-0.4, -0.2) is 16.7 Å². The number of nitrogens with zero attached hydrogens (tertiary/aromatic N) is 1. The molecular weight excluding hydrogens is 296 g/mol. The topological polar surface area (TPSA) is 54.4 Å². The van der Waals surface area contributed by atoms with Crippen LogP contribution in [0.25, 0.3) is 10.9 Å². The second-order valence-electron chi connectivity index (χ2n) is 5.27. The summed E-state index contributed by atoms with van der Waals surface area (Å²) in [6.45, 7) is 0. The summed E-state index contributed by atoms with van der Waals surface area (Å²) in [6, 6.07) is 11.8. The van der Waals surface area contributed by atoms with Gasteiger partial charge in [0.2, 0.25) is 0 Å². The van der Waals surface area contributed by atoms with Crippen LogP contribution in [0, 0.1) is 0 Å². The van der Waals surface area contributed by atoms with Gasteiger partial charge in [-0.05, 0) is 42.3 Å². The van der Waals surface area contributed by atoms with Gasteiger partial charge in [0.05, 0.1) is 5.69 Å². The molecular formula is C17H14N2O2S. The Balaban J connectivity index is 1.67. The SMILES string of the molecule is O=C(O/N=C1\CCCc2c1[nH]c1ccccc21)c1cccs1. The predicted molar refractivity (Wildman–Crippen MR) is 87.5 cm³/mol. The van der Waals surface area contributed by atoms with E-state index in [9.17, 15) is 4.79 Å². The second-order valence-corrected chi connectivity index (χ2v) is 6.22. The molecule has 1 aliphatic rings. The zero-order valence-corrected chi connectivity index (χ0v) is 12.7. The van der Waals surface area contributed by atoms with Crippen molar-refractivity contribution < 1.29 is 9.63 Å². The van der Waals surface area contributed by atoms with Gasteiger partial charge in [-0.1, -0.05) is 29.4 Å². The number of carbonyl (C=O) groups excluding carboxylic acids is 1. The number of oxime groups is 1. The van der Waals surface area contributed by atoms with E-state index in [1.165, 1.54) is 22.3 Å². The summed E-state index contributed by atoms with van der Waals surface area (Å²) < 4.78 is 0. The molecule has 1 N–H and O–H groups in total. The fraction of sp³-hybridized carbons (Fsp3) is 0.176. The molecule has 110 valence electrons. The Morgan fingerprint density at radius 1 is 1.18 bits per heavy atom. The molecule has 0 amide bonds. The van der Waals surface area contributed by atoms with Crippen molar-refractivity contribution in [3.8, 4) is 0 Å². The van der Waals surface area contributed by atoms with Gasteiger partial charge in [-0.15, -0.1) is 11.3 Å². The van der Waals surface area contributed by atoms with Crippen LogP contribution in [0.15, 0.2) is 46.9 Å². The molecule has 0 bridgehead atoms. The minimum absolute atomic E-state index is 0.397. The van der Waals surface area contributed by atoms with Gasteiger partial charge in [-0.3, -0.25) is 0 Å². The lowest BCUT2D eigenvalue weighted by molar-refractivity contribution is 0.0521. The molecule has 4 rings (SSSR count). The number of rotatable bonds is 2. The fourth-order valence-electron chi connectivity index (χ4n) is 2.89. The molecule has 2 heterocycles. The van der Waals surface area contributed by atoms with E-state index in [0.29, 0.717) is 4.88 Å². The summed E-state index contributed by atoms with van der Waals surface area (Å²) in [6.07, 6.45) is 2.86. The summed E-state index contributed by atoms with van der Waals surface area (Å²) in [5.74, 6) is -0.397. The molecule has 0 radical (unpaired) electrons. The van der Waals surface area contributed by atoms with Gasteiger partial charge in [-0.25, -0.2) is 4.79 Å². The summed E-state index contributed by atoms with van der Waals surface area (Å²) in [5.41, 5.74) is 4.20. The molecule has 0 aliphatic heterocycles. The van der Waals surface area contributed by atoms with Crippen molar-refractivity contribution in [3.05, 3.63) is 57.9 Å². The summed E-state index contributed by atoms with van der Waals surface area (Å²) in [7, 11) is 0. The summed E-state index contributed by atoms with van der Waals surface area (Å²) in [5, 5.41) is 7.20. The van der Waals surface area contributed by atoms with E-state index < -0.39 is 5.97 Å². The maximum atomic E-state index is 11.9. The molecule has 2 aromatic heterocycles. The van der Waals surface area contributed by atoms with Gasteiger partial charge in [0.1, 0.15) is 10.6 Å². The van der Waals surface area contributed by atoms with Crippen molar-refractivity contribution >= 4 is 33.9 Å². The Morgan fingerprint density at radius 3 is 2.95 bits per heavy atom. The maximum Gasteiger partial charge on any atom is 0.375 e. The first-order chi connectivity index (χ1) is 10.8. The van der Waals surface area contributed by atoms with Crippen LogP contribution >= 0.6 is 11.3 Å². The highest BCUT2D eigenvalue weighted by Gasteiger charge is 2.21. The maximum absolute atomic E-state index is 11.9. The van der Waals surface area contributed by atoms with E-state index in [2.05, 4.69) is 22.3 Å². The molecule has 22 heavy (non-hydrogen) atoms. The van der Waals surface area contributed by atoms with E-state index in [0.717, 1.165) is 36.2 Å². The number of benzene rings is 1. The number of thiophene rings is 1. The normalized spacial score (nSPS) is 15.9. The number of aromatic nitrogens is 1. The number of carbonyl (C=O) groups is 1. The smallest absolute Gasteiger partial charge is 0.353 e. The zero-order chi connectivity index (χ0) is 14.9. The van der Waals surface area contributed by atoms with Gasteiger partial charge in [0.25, 0.3) is 0 Å². The zero-order valence-electron chi connectivity index (χ0n) is 11.8. The van der Waals surface area contributed by atoms with E-state index in [-0.39, 0.29) is 0 Å². The molecule has 0 unspecified atom stereocenters. The van der Waals surface area contributed by atoms with Crippen molar-refractivity contribution in [1.82, 2.24) is 4.98 Å². The number of hydrogen-bond donors (Lipinski definition) is 1. The van der Waals surface area contributed by atoms with Crippen LogP contribution in [0.3, 0.4) is 0 Å². The highest BCUT2D eigenvalue weighted by molar-refractivity contribution is 7.11. The molecule has 1 aliphatic carbocycles. The molecule has 0 saturated heterocycles. The van der Waals surface area contributed by atoms with Gasteiger partial charge < -0.3 is 9.82 Å². The van der Waals surface area contributed by atoms with E-state index in [1.54, 1.807) is 6.07 Å². The lowest BCUT2D eigenvalue weighted by Gasteiger charge is -2.13. The summed E-state index contributed by atoms with van der Waals surface area (Å²) >= 11 is 1.36. The highest BCUT2D eigenvalue weighted by atomic mass is 32.1. The number of hydrogen-bond acceptors (Lipinski definition) is 4. The lowest BCUT2D eigenvalue weighted by Crippen LogP contribution is -2.13. The minimum Gasteiger partial charge on any atom is -0.353 e. The number of H-pyrrole nitrogens is 1. The van der Waals surface area contributed by atoms with Crippen LogP contribution in [0.1, 0.15) is 33.8 Å². The van der Waals surface area contributed by atoms with E-state index >= 15 is 0 Å². The molecule has 3 aromatic rings. The summed E-state index contributed by atoms with van der Waals surface area (Å²) in [4.78, 5) is 21.0. The Kier molecular flexibility index (Phi) is 3.27. The van der Waals surface area contributed by atoms with Crippen LogP contribution in [0.5, 0.6) is 0 Å². The molecule has 1 aromatic carbocycles. The number of aromatic amines is 1. The monoisotopic (exact) mass is 310 g/mol. The first-order valence-electron chi connectivity index (χ1n) is 7.24. The van der Waals surface area contributed by atoms with Crippen LogP contribution in [0.4, 0.5) is 0 Å². The largest absolute Gasteiger partial charge is 0.375 e. The Morgan fingerprint density at radius 2 is 2.09 bits per heavy atom. The Bertz CT molecular complexity index is 862. The van der Waals surface area contributed by atoms with Crippen molar-refractivity contribution in [1.29, 1.82) is 0 Å². The Labute approximate surface area is 131 Å². The second kappa shape index (κ2) is 5.42. The number of para-hydroxylation sites is 1. The molecule has 0 fully saturated rings. The molecule has 5 heteroatoms. The van der Waals surface area contributed by atoms with Crippen molar-refractivity contribution in [2.45, 2.75) is 19.3 Å². The van der Waals surface area contributed by atoms with Crippen molar-refractivity contribution in [2.24, 2.45) is 5.16 Å². The third-order valence-corrected chi connectivity index (χ3v) is 4.75. The van der Waals surface area contributed by atoms with Gasteiger partial charge in [-0.2, -0.15) is 0 Å². The lowest BCUT2D eigenvalue weighted by atomic mass is 9.94. The standard InChI is InChI=1S/C17H14N2O2S/c20-17(15-9-4-10-22-15)21-19-14-8-3-6-12-11-5-1-2-7-13(11)18-16(12)14/h1-2,4-5,7,9-10,18H,3,6,8H2/b19-14+. The first-order valence-corrected chi connectivity index (χ1v) is 8.12. The van der Waals surface area contributed by atoms with Crippen LogP contribution in [0.2, 0.25) is 0 Å². The predicted octanol–water partition coefficient (Wildman–Crippen LogP) is 4.13. The quantitative estimate of drug-likeness (QED) is 0.571. The molecule has 0 spiro atoms. The molecule has 4 nitrogen and oxygen atoms in total. The van der Waals surface area contributed by atoms with Gasteiger partial charge in [0, 0.05) is 10.9 Å². The number of nitrogens with one attached hydrogen (secondary N) is 1. The third kappa shape index (κ3) is 2.23. The average Bonchev–Trinajstić information content (AvgIpc) is 3.20. The van der Waals surface area contributed by atoms with Gasteiger partial charge >= 0.3 is 5.97 Å². The minimum atomic E-state index is -0.397. The van der Waals surface area contributed by atoms with Crippen molar-refractivity contribution in [3.63, 3.8) is 0 Å². The van der Waals surface area contributed by atoms with E-state index in [4.69, 9.17) is 4.84 Å². The van der Waals surface area contributed by atoms with Crippen molar-refractivity contribution in [2.75, 3.05) is 0 Å². The molecule has 0 atom stereocenters. The average molecular weight is 310 g/mol. The van der Waals surface area contributed by atoms with Crippen LogP contribution < -0.4 is 0 Å². The fourth-order valence-corrected chi connectivity index (χ4v) is 3.49. The highest BCUT2D eigenvalue weighted by Crippen LogP contribution is 2.29. The van der Waals surface area contributed by atoms with Gasteiger partial charge in [0.15, 0.2) is 0 Å². The first kappa shape index (κ1) is 13.3. The third-order valence-electron chi connectivity index (χ3n) is 3.90.